The topological polar surface area (TPSA) is 82.1 Å². The Bertz CT molecular complexity index is 1420. The van der Waals surface area contributed by atoms with Crippen LogP contribution in [0.15, 0.2) is 71.6 Å². The molecule has 1 atom stereocenters. The Morgan fingerprint density at radius 3 is 2.50 bits per heavy atom. The van der Waals surface area contributed by atoms with Crippen molar-refractivity contribution in [3.63, 3.8) is 0 Å². The average molecular weight is 544 g/mol. The molecule has 200 valence electrons. The van der Waals surface area contributed by atoms with Gasteiger partial charge in [-0.25, -0.2) is 8.42 Å². The van der Waals surface area contributed by atoms with Crippen molar-refractivity contribution in [2.45, 2.75) is 37.4 Å². The molecule has 0 unspecified atom stereocenters. The van der Waals surface area contributed by atoms with Crippen LogP contribution in [0.5, 0.6) is 11.5 Å². The maximum atomic E-state index is 13.8. The highest BCUT2D eigenvalue weighted by Gasteiger charge is 2.35. The van der Waals surface area contributed by atoms with Crippen LogP contribution in [0.4, 0.5) is 14.5 Å². The average Bonchev–Trinajstić information content (AvgIpc) is 2.90. The van der Waals surface area contributed by atoms with Crippen LogP contribution >= 0.6 is 0 Å². The van der Waals surface area contributed by atoms with Crippen LogP contribution < -0.4 is 13.8 Å². The molecule has 1 aliphatic rings. The number of rotatable bonds is 9. The van der Waals surface area contributed by atoms with Crippen molar-refractivity contribution in [1.29, 1.82) is 0 Å². The molecule has 7 nitrogen and oxygen atoms in total. The number of esters is 1. The first kappa shape index (κ1) is 27.1. The number of carbonyl (C=O) groups excluding carboxylic acids is 1. The van der Waals surface area contributed by atoms with E-state index in [9.17, 15) is 22.0 Å². The van der Waals surface area contributed by atoms with E-state index in [1.165, 1.54) is 29.6 Å². The van der Waals surface area contributed by atoms with Gasteiger partial charge in [0.2, 0.25) is 0 Å². The predicted molar refractivity (Wildman–Crippen MR) is 140 cm³/mol. The summed E-state index contributed by atoms with van der Waals surface area (Å²) in [5.74, 6) is -0.393. The Morgan fingerprint density at radius 1 is 1.08 bits per heavy atom. The van der Waals surface area contributed by atoms with Crippen LogP contribution in [0.25, 0.3) is 12.2 Å². The third-order valence-electron chi connectivity index (χ3n) is 5.98. The molecule has 0 radical (unpaired) electrons. The minimum Gasteiger partial charge on any atom is -0.486 e. The fourth-order valence-corrected chi connectivity index (χ4v) is 5.53. The van der Waals surface area contributed by atoms with Crippen molar-refractivity contribution in [2.24, 2.45) is 0 Å². The molecule has 0 fully saturated rings. The number of hydrogen-bond acceptors (Lipinski definition) is 6. The lowest BCUT2D eigenvalue weighted by Crippen LogP contribution is -2.43. The third kappa shape index (κ3) is 6.49. The molecular formula is C28H27F2NO6S. The molecule has 0 bridgehead atoms. The largest absolute Gasteiger partial charge is 0.486 e. The van der Waals surface area contributed by atoms with Gasteiger partial charge in [-0.15, -0.1) is 0 Å². The summed E-state index contributed by atoms with van der Waals surface area (Å²) < 4.78 is 69.3. The summed E-state index contributed by atoms with van der Waals surface area (Å²) in [5, 5.41) is 0. The van der Waals surface area contributed by atoms with Crippen molar-refractivity contribution in [3.8, 4) is 11.5 Å². The Morgan fingerprint density at radius 2 is 1.79 bits per heavy atom. The first-order chi connectivity index (χ1) is 18.2. The van der Waals surface area contributed by atoms with Gasteiger partial charge in [-0.3, -0.25) is 9.10 Å². The Balaban J connectivity index is 1.70. The van der Waals surface area contributed by atoms with E-state index >= 15 is 0 Å². The standard InChI is InChI=1S/C28H27F2NO6S/c1-19-6-8-20(9-7-19)10-11-21-12-14-26-25(16-21)31(18-23(36-26)13-15-27(32)35-2)38(33,34)24-5-3-4-22(17-24)37-28(29)30/h3-12,14,16-17,23,28H,13,15,18H2,1-2H3/b11-10+/t23-/m0/s1. The SMILES string of the molecule is COC(=O)CC[C@H]1CN(S(=O)(=O)c2cccc(OC(F)F)c2)c2cc(/C=C/c3ccc(C)cc3)ccc2O1. The highest BCUT2D eigenvalue weighted by Crippen LogP contribution is 2.39. The molecule has 0 aliphatic carbocycles. The number of hydrogen-bond donors (Lipinski definition) is 0. The Hall–Kier alpha value is -3.92. The molecule has 38 heavy (non-hydrogen) atoms. The van der Waals surface area contributed by atoms with Crippen LogP contribution in [0.3, 0.4) is 0 Å². The van der Waals surface area contributed by atoms with E-state index in [1.54, 1.807) is 18.2 Å². The molecule has 1 heterocycles. The van der Waals surface area contributed by atoms with Gasteiger partial charge in [0.05, 0.1) is 24.2 Å². The smallest absolute Gasteiger partial charge is 0.387 e. The summed E-state index contributed by atoms with van der Waals surface area (Å²) in [6, 6.07) is 18.1. The number of alkyl halides is 2. The number of halogens is 2. The van der Waals surface area contributed by atoms with Gasteiger partial charge in [-0.05, 0) is 48.7 Å². The molecule has 0 aromatic heterocycles. The lowest BCUT2D eigenvalue weighted by Gasteiger charge is -2.35. The van der Waals surface area contributed by atoms with Crippen LogP contribution in [-0.4, -0.2) is 40.8 Å². The first-order valence-corrected chi connectivity index (χ1v) is 13.3. The molecule has 0 saturated heterocycles. The van der Waals surface area contributed by atoms with Crippen LogP contribution in [0.1, 0.15) is 29.5 Å². The molecule has 0 spiro atoms. The van der Waals surface area contributed by atoms with Gasteiger partial charge in [-0.2, -0.15) is 8.78 Å². The highest BCUT2D eigenvalue weighted by molar-refractivity contribution is 7.92. The number of carbonyl (C=O) groups is 1. The van der Waals surface area contributed by atoms with Gasteiger partial charge in [-0.1, -0.05) is 54.1 Å². The summed E-state index contributed by atoms with van der Waals surface area (Å²) in [6.45, 7) is -1.18. The second-order valence-electron chi connectivity index (χ2n) is 8.72. The van der Waals surface area contributed by atoms with E-state index in [0.717, 1.165) is 22.8 Å². The van der Waals surface area contributed by atoms with E-state index in [4.69, 9.17) is 9.47 Å². The lowest BCUT2D eigenvalue weighted by molar-refractivity contribution is -0.141. The van der Waals surface area contributed by atoms with Crippen molar-refractivity contribution >= 4 is 33.8 Å². The number of anilines is 1. The van der Waals surface area contributed by atoms with E-state index in [-0.39, 0.29) is 30.0 Å². The zero-order chi connectivity index (χ0) is 27.3. The minimum atomic E-state index is -4.21. The van der Waals surface area contributed by atoms with E-state index in [2.05, 4.69) is 4.74 Å². The zero-order valence-electron chi connectivity index (χ0n) is 20.8. The zero-order valence-corrected chi connectivity index (χ0v) is 21.7. The molecule has 4 rings (SSSR count). The summed E-state index contributed by atoms with van der Waals surface area (Å²) in [7, 11) is -2.94. The van der Waals surface area contributed by atoms with Crippen molar-refractivity contribution in [1.82, 2.24) is 0 Å². The summed E-state index contributed by atoms with van der Waals surface area (Å²) in [4.78, 5) is 11.5. The molecule has 10 heteroatoms. The Kier molecular flexibility index (Phi) is 8.31. The van der Waals surface area contributed by atoms with Gasteiger partial charge in [0.25, 0.3) is 10.0 Å². The van der Waals surface area contributed by atoms with Crippen molar-refractivity contribution in [3.05, 3.63) is 83.4 Å². The number of methoxy groups -OCH3 is 1. The fourth-order valence-electron chi connectivity index (χ4n) is 4.00. The van der Waals surface area contributed by atoms with Gasteiger partial charge < -0.3 is 14.2 Å². The number of nitrogens with zero attached hydrogens (tertiary/aromatic N) is 1. The van der Waals surface area contributed by atoms with Crippen LogP contribution in [-0.2, 0) is 19.6 Å². The van der Waals surface area contributed by atoms with Gasteiger partial charge in [0.15, 0.2) is 0 Å². The minimum absolute atomic E-state index is 0.0411. The molecule has 1 aliphatic heterocycles. The monoisotopic (exact) mass is 543 g/mol. The second kappa shape index (κ2) is 11.6. The van der Waals surface area contributed by atoms with Gasteiger partial charge >= 0.3 is 12.6 Å². The maximum Gasteiger partial charge on any atom is 0.387 e. The lowest BCUT2D eigenvalue weighted by atomic mass is 10.1. The molecule has 3 aromatic carbocycles. The second-order valence-corrected chi connectivity index (χ2v) is 10.6. The normalized spacial score (nSPS) is 15.3. The van der Waals surface area contributed by atoms with Crippen molar-refractivity contribution in [2.75, 3.05) is 18.0 Å². The van der Waals surface area contributed by atoms with E-state index in [0.29, 0.717) is 11.4 Å². The Labute approximate surface area is 220 Å². The quantitative estimate of drug-likeness (QED) is 0.255. The molecular weight excluding hydrogens is 516 g/mol. The van der Waals surface area contributed by atoms with Gasteiger partial charge in [0.1, 0.15) is 17.6 Å². The van der Waals surface area contributed by atoms with Gasteiger partial charge in [0, 0.05) is 12.5 Å². The molecule has 0 amide bonds. The van der Waals surface area contributed by atoms with Crippen LogP contribution in [0, 0.1) is 6.92 Å². The van der Waals surface area contributed by atoms with E-state index < -0.39 is 28.7 Å². The number of fused-ring (bicyclic) bond motifs is 1. The maximum absolute atomic E-state index is 13.8. The number of sulfonamides is 1. The fraction of sp³-hybridized carbons (Fsp3) is 0.250. The van der Waals surface area contributed by atoms with Crippen LogP contribution in [0.2, 0.25) is 0 Å². The highest BCUT2D eigenvalue weighted by atomic mass is 32.2. The first-order valence-electron chi connectivity index (χ1n) is 11.9. The van der Waals surface area contributed by atoms with Crippen molar-refractivity contribution < 1.29 is 36.2 Å². The summed E-state index contributed by atoms with van der Waals surface area (Å²) >= 11 is 0. The third-order valence-corrected chi connectivity index (χ3v) is 7.75. The number of benzene rings is 3. The molecule has 0 N–H and O–H groups in total. The summed E-state index contributed by atoms with van der Waals surface area (Å²) in [5.41, 5.74) is 3.15. The predicted octanol–water partition coefficient (Wildman–Crippen LogP) is 5.68. The van der Waals surface area contributed by atoms with E-state index in [1.807, 2.05) is 43.3 Å². The molecule has 3 aromatic rings. The molecule has 0 saturated carbocycles. The summed E-state index contributed by atoms with van der Waals surface area (Å²) in [6.07, 6.45) is 3.40. The number of aryl methyl sites for hydroxylation is 1. The number of ether oxygens (including phenoxy) is 3.